The Hall–Kier alpha value is -1.95. The molecule has 1 aliphatic rings. The summed E-state index contributed by atoms with van der Waals surface area (Å²) in [4.78, 5) is 8.25. The summed E-state index contributed by atoms with van der Waals surface area (Å²) in [6.07, 6.45) is 5.18. The van der Waals surface area contributed by atoms with Crippen LogP contribution in [0.4, 0.5) is 11.6 Å². The highest BCUT2D eigenvalue weighted by Crippen LogP contribution is 2.39. The molecule has 0 amide bonds. The summed E-state index contributed by atoms with van der Waals surface area (Å²) in [5.74, 6) is 2.24. The average Bonchev–Trinajstić information content (AvgIpc) is 2.94. The molecule has 89 valence electrons. The predicted molar refractivity (Wildman–Crippen MR) is 70.1 cm³/mol. The molecule has 6 heteroatoms. The van der Waals surface area contributed by atoms with E-state index in [1.807, 2.05) is 11.4 Å². The maximum Gasteiger partial charge on any atom is 0.200 e. The number of rotatable bonds is 3. The van der Waals surface area contributed by atoms with E-state index in [1.54, 1.807) is 11.3 Å². The molecular formula is C12H10N5S. The Morgan fingerprint density at radius 2 is 2.33 bits per heavy atom. The van der Waals surface area contributed by atoms with Gasteiger partial charge in [-0.05, 0) is 24.3 Å². The van der Waals surface area contributed by atoms with Crippen LogP contribution in [0.15, 0.2) is 17.5 Å². The fraction of sp³-hybridized carbons (Fsp3) is 0.250. The van der Waals surface area contributed by atoms with E-state index in [9.17, 15) is 0 Å². The zero-order valence-corrected chi connectivity index (χ0v) is 10.3. The Balaban J connectivity index is 1.68. The molecule has 3 aromatic heterocycles. The highest BCUT2D eigenvalue weighted by molar-refractivity contribution is 7.17. The third kappa shape index (κ3) is 1.65. The van der Waals surface area contributed by atoms with Gasteiger partial charge in [0, 0.05) is 17.7 Å². The number of hydrogen-bond donors (Lipinski definition) is 2. The van der Waals surface area contributed by atoms with Crippen LogP contribution >= 0.6 is 11.3 Å². The number of aromatic nitrogens is 4. The quantitative estimate of drug-likeness (QED) is 0.756. The first-order chi connectivity index (χ1) is 8.90. The average molecular weight is 256 g/mol. The SMILES string of the molecule is [c]1nc(Nc2cc(C3CC3)[nH]n2)c2sccc2n1. The Kier molecular flexibility index (Phi) is 2.10. The first kappa shape index (κ1) is 10.0. The van der Waals surface area contributed by atoms with Crippen molar-refractivity contribution in [1.29, 1.82) is 0 Å². The third-order valence-corrected chi connectivity index (χ3v) is 3.96. The van der Waals surface area contributed by atoms with Crippen molar-refractivity contribution in [3.05, 3.63) is 29.5 Å². The molecule has 1 fully saturated rings. The highest BCUT2D eigenvalue weighted by Gasteiger charge is 2.25. The summed E-state index contributed by atoms with van der Waals surface area (Å²) in [6.45, 7) is 0. The zero-order chi connectivity index (χ0) is 11.9. The lowest BCUT2D eigenvalue weighted by Crippen LogP contribution is -1.94. The Bertz CT molecular complexity index is 697. The third-order valence-electron chi connectivity index (χ3n) is 3.05. The van der Waals surface area contributed by atoms with Crippen molar-refractivity contribution in [2.45, 2.75) is 18.8 Å². The lowest BCUT2D eigenvalue weighted by molar-refractivity contribution is 0.966. The van der Waals surface area contributed by atoms with Gasteiger partial charge in [-0.15, -0.1) is 11.3 Å². The lowest BCUT2D eigenvalue weighted by Gasteiger charge is -2.01. The molecule has 0 saturated heterocycles. The maximum absolute atomic E-state index is 4.26. The normalized spacial score (nSPS) is 15.1. The smallest absolute Gasteiger partial charge is 0.200 e. The van der Waals surface area contributed by atoms with Gasteiger partial charge in [0.2, 0.25) is 0 Å². The summed E-state index contributed by atoms with van der Waals surface area (Å²) in [5.41, 5.74) is 2.12. The molecule has 1 aliphatic carbocycles. The minimum atomic E-state index is 0.673. The van der Waals surface area contributed by atoms with Crippen LogP contribution in [0.5, 0.6) is 0 Å². The molecule has 18 heavy (non-hydrogen) atoms. The number of aromatic amines is 1. The van der Waals surface area contributed by atoms with Crippen molar-refractivity contribution >= 4 is 33.2 Å². The van der Waals surface area contributed by atoms with Gasteiger partial charge in [0.05, 0.1) is 10.2 Å². The second kappa shape index (κ2) is 3.78. The van der Waals surface area contributed by atoms with Gasteiger partial charge < -0.3 is 5.32 Å². The van der Waals surface area contributed by atoms with E-state index in [1.165, 1.54) is 18.5 Å². The van der Waals surface area contributed by atoms with Gasteiger partial charge in [0.25, 0.3) is 0 Å². The van der Waals surface area contributed by atoms with E-state index < -0.39 is 0 Å². The first-order valence-electron chi connectivity index (χ1n) is 5.84. The van der Waals surface area contributed by atoms with Gasteiger partial charge in [0.1, 0.15) is 0 Å². The molecular weight excluding hydrogens is 246 g/mol. The van der Waals surface area contributed by atoms with Gasteiger partial charge in [0.15, 0.2) is 18.0 Å². The van der Waals surface area contributed by atoms with Crippen LogP contribution in [0.2, 0.25) is 0 Å². The van der Waals surface area contributed by atoms with Crippen molar-refractivity contribution in [3.63, 3.8) is 0 Å². The molecule has 3 heterocycles. The van der Waals surface area contributed by atoms with E-state index >= 15 is 0 Å². The largest absolute Gasteiger partial charge is 0.322 e. The predicted octanol–water partition coefficient (Wildman–Crippen LogP) is 2.84. The van der Waals surface area contributed by atoms with Crippen LogP contribution < -0.4 is 5.32 Å². The number of thiophene rings is 1. The van der Waals surface area contributed by atoms with E-state index in [2.05, 4.69) is 37.9 Å². The molecule has 1 saturated carbocycles. The van der Waals surface area contributed by atoms with Gasteiger partial charge >= 0.3 is 0 Å². The van der Waals surface area contributed by atoms with Crippen LogP contribution in [0.1, 0.15) is 24.5 Å². The second-order valence-electron chi connectivity index (χ2n) is 4.41. The molecule has 0 aromatic carbocycles. The van der Waals surface area contributed by atoms with E-state index in [0.29, 0.717) is 5.92 Å². The summed E-state index contributed by atoms with van der Waals surface area (Å²) >= 11 is 1.61. The number of nitrogens with one attached hydrogen (secondary N) is 2. The molecule has 2 N–H and O–H groups in total. The molecule has 1 radical (unpaired) electrons. The molecule has 3 aromatic rings. The van der Waals surface area contributed by atoms with Crippen LogP contribution in [0.3, 0.4) is 0 Å². The summed E-state index contributed by atoms with van der Waals surface area (Å²) in [6, 6.07) is 4.02. The number of hydrogen-bond acceptors (Lipinski definition) is 5. The summed E-state index contributed by atoms with van der Waals surface area (Å²) in [7, 11) is 0. The first-order valence-corrected chi connectivity index (χ1v) is 6.72. The van der Waals surface area contributed by atoms with Crippen LogP contribution in [-0.2, 0) is 0 Å². The van der Waals surface area contributed by atoms with Gasteiger partial charge in [-0.3, -0.25) is 5.10 Å². The molecule has 0 unspecified atom stereocenters. The fourth-order valence-electron chi connectivity index (χ4n) is 1.96. The monoisotopic (exact) mass is 256 g/mol. The summed E-state index contributed by atoms with van der Waals surface area (Å²) in [5, 5.41) is 12.5. The van der Waals surface area contributed by atoms with E-state index in [4.69, 9.17) is 0 Å². The number of nitrogens with zero attached hydrogens (tertiary/aromatic N) is 3. The Labute approximate surface area is 107 Å². The maximum atomic E-state index is 4.26. The van der Waals surface area contributed by atoms with Crippen LogP contribution in [-0.4, -0.2) is 20.2 Å². The highest BCUT2D eigenvalue weighted by atomic mass is 32.1. The lowest BCUT2D eigenvalue weighted by atomic mass is 10.3. The zero-order valence-electron chi connectivity index (χ0n) is 9.47. The minimum absolute atomic E-state index is 0.673. The second-order valence-corrected chi connectivity index (χ2v) is 5.33. The topological polar surface area (TPSA) is 66.5 Å². The molecule has 0 spiro atoms. The van der Waals surface area contributed by atoms with E-state index in [0.717, 1.165) is 21.9 Å². The molecule has 0 bridgehead atoms. The molecule has 5 nitrogen and oxygen atoms in total. The Morgan fingerprint density at radius 3 is 3.22 bits per heavy atom. The van der Waals surface area contributed by atoms with Crippen molar-refractivity contribution in [2.75, 3.05) is 5.32 Å². The van der Waals surface area contributed by atoms with Crippen molar-refractivity contribution in [3.8, 4) is 0 Å². The van der Waals surface area contributed by atoms with Crippen molar-refractivity contribution < 1.29 is 0 Å². The van der Waals surface area contributed by atoms with Gasteiger partial charge in [-0.2, -0.15) is 5.10 Å². The van der Waals surface area contributed by atoms with E-state index in [-0.39, 0.29) is 0 Å². The Morgan fingerprint density at radius 1 is 1.39 bits per heavy atom. The van der Waals surface area contributed by atoms with Crippen molar-refractivity contribution in [1.82, 2.24) is 20.2 Å². The molecule has 0 aliphatic heterocycles. The van der Waals surface area contributed by atoms with Gasteiger partial charge in [-0.25, -0.2) is 9.97 Å². The standard InChI is InChI=1S/C12H10N5S/c1-2-7(1)9-5-10(17-16-9)15-12-11-8(3-4-18-11)13-6-14-12/h3-5,7H,1-2H2,(H2,13,14,15,16,17). The van der Waals surface area contributed by atoms with Crippen LogP contribution in [0.25, 0.3) is 10.2 Å². The number of H-pyrrole nitrogens is 1. The van der Waals surface area contributed by atoms with Crippen LogP contribution in [0, 0.1) is 6.33 Å². The number of anilines is 2. The van der Waals surface area contributed by atoms with Crippen molar-refractivity contribution in [2.24, 2.45) is 0 Å². The summed E-state index contributed by atoms with van der Waals surface area (Å²) < 4.78 is 1.03. The van der Waals surface area contributed by atoms with Gasteiger partial charge in [-0.1, -0.05) is 0 Å². The molecule has 4 rings (SSSR count). The number of fused-ring (bicyclic) bond motifs is 1. The fourth-order valence-corrected chi connectivity index (χ4v) is 2.73. The minimum Gasteiger partial charge on any atom is -0.322 e. The molecule has 0 atom stereocenters.